The van der Waals surface area contributed by atoms with E-state index in [0.29, 0.717) is 36.0 Å². The van der Waals surface area contributed by atoms with E-state index in [1.54, 1.807) is 25.3 Å². The molecule has 0 fully saturated rings. The number of carbonyl (C=O) groups is 1. The number of hydrogen-bond donors (Lipinski definition) is 2. The van der Waals surface area contributed by atoms with Gasteiger partial charge in [-0.1, -0.05) is 16.8 Å². The SMILES string of the molecule is COCCNC(=O)c1ccc(Cl)c(NCc2cc(C)on2)c1. The Balaban J connectivity index is 2.01. The molecule has 0 aliphatic heterocycles. The number of amides is 1. The third kappa shape index (κ3) is 4.47. The first kappa shape index (κ1) is 16.3. The molecule has 118 valence electrons. The monoisotopic (exact) mass is 323 g/mol. The minimum atomic E-state index is -0.172. The molecule has 0 aliphatic rings. The molecule has 1 amide bonds. The normalized spacial score (nSPS) is 10.5. The second-order valence-electron chi connectivity index (χ2n) is 4.73. The van der Waals surface area contributed by atoms with Crippen molar-refractivity contribution in [2.24, 2.45) is 0 Å². The largest absolute Gasteiger partial charge is 0.383 e. The summed E-state index contributed by atoms with van der Waals surface area (Å²) in [7, 11) is 1.59. The van der Waals surface area contributed by atoms with Gasteiger partial charge in [0.1, 0.15) is 11.5 Å². The van der Waals surface area contributed by atoms with Crippen LogP contribution in [-0.4, -0.2) is 31.3 Å². The summed E-state index contributed by atoms with van der Waals surface area (Å²) in [5, 5.41) is 10.3. The van der Waals surface area contributed by atoms with Crippen molar-refractivity contribution in [2.75, 3.05) is 25.6 Å². The van der Waals surface area contributed by atoms with E-state index in [4.69, 9.17) is 20.9 Å². The molecule has 0 atom stereocenters. The Morgan fingerprint density at radius 3 is 2.91 bits per heavy atom. The number of ether oxygens (including phenoxy) is 1. The minimum Gasteiger partial charge on any atom is -0.383 e. The Kier molecular flexibility index (Phi) is 5.80. The van der Waals surface area contributed by atoms with E-state index in [2.05, 4.69) is 15.8 Å². The van der Waals surface area contributed by atoms with E-state index in [1.165, 1.54) is 0 Å². The van der Waals surface area contributed by atoms with Gasteiger partial charge in [-0.05, 0) is 25.1 Å². The number of halogens is 1. The Labute approximate surface area is 133 Å². The lowest BCUT2D eigenvalue weighted by Gasteiger charge is -2.10. The van der Waals surface area contributed by atoms with E-state index >= 15 is 0 Å². The van der Waals surface area contributed by atoms with E-state index in [-0.39, 0.29) is 5.91 Å². The van der Waals surface area contributed by atoms with Gasteiger partial charge in [0, 0.05) is 25.3 Å². The van der Waals surface area contributed by atoms with Crippen LogP contribution in [0.15, 0.2) is 28.8 Å². The first-order valence-corrected chi connectivity index (χ1v) is 7.20. The number of anilines is 1. The van der Waals surface area contributed by atoms with Crippen molar-refractivity contribution in [3.05, 3.63) is 46.3 Å². The molecule has 1 aromatic heterocycles. The van der Waals surface area contributed by atoms with Crippen molar-refractivity contribution in [1.82, 2.24) is 10.5 Å². The van der Waals surface area contributed by atoms with Crippen molar-refractivity contribution in [3.8, 4) is 0 Å². The molecular weight excluding hydrogens is 306 g/mol. The molecule has 7 heteroatoms. The van der Waals surface area contributed by atoms with Crippen LogP contribution in [0.5, 0.6) is 0 Å². The average Bonchev–Trinajstić information content (AvgIpc) is 2.92. The highest BCUT2D eigenvalue weighted by Gasteiger charge is 2.09. The number of rotatable bonds is 7. The summed E-state index contributed by atoms with van der Waals surface area (Å²) in [6, 6.07) is 6.90. The van der Waals surface area contributed by atoms with Gasteiger partial charge in [0.2, 0.25) is 0 Å². The Hall–Kier alpha value is -2.05. The second-order valence-corrected chi connectivity index (χ2v) is 5.13. The summed E-state index contributed by atoms with van der Waals surface area (Å²) >= 11 is 6.14. The summed E-state index contributed by atoms with van der Waals surface area (Å²) in [5.74, 6) is 0.572. The van der Waals surface area contributed by atoms with E-state index in [1.807, 2.05) is 13.0 Å². The van der Waals surface area contributed by atoms with Crippen LogP contribution in [-0.2, 0) is 11.3 Å². The van der Waals surface area contributed by atoms with Gasteiger partial charge in [-0.2, -0.15) is 0 Å². The summed E-state index contributed by atoms with van der Waals surface area (Å²) < 4.78 is 9.90. The summed E-state index contributed by atoms with van der Waals surface area (Å²) in [4.78, 5) is 12.0. The lowest BCUT2D eigenvalue weighted by molar-refractivity contribution is 0.0937. The van der Waals surface area contributed by atoms with Gasteiger partial charge < -0.3 is 19.9 Å². The fourth-order valence-corrected chi connectivity index (χ4v) is 2.04. The molecule has 0 bridgehead atoms. The number of aromatic nitrogens is 1. The predicted molar refractivity (Wildman–Crippen MR) is 84.2 cm³/mol. The highest BCUT2D eigenvalue weighted by Crippen LogP contribution is 2.23. The molecule has 0 saturated heterocycles. The highest BCUT2D eigenvalue weighted by atomic mass is 35.5. The maximum absolute atomic E-state index is 12.0. The van der Waals surface area contributed by atoms with Crippen molar-refractivity contribution in [1.29, 1.82) is 0 Å². The zero-order chi connectivity index (χ0) is 15.9. The fraction of sp³-hybridized carbons (Fsp3) is 0.333. The van der Waals surface area contributed by atoms with Gasteiger partial charge in [0.05, 0.1) is 23.9 Å². The first-order chi connectivity index (χ1) is 10.6. The van der Waals surface area contributed by atoms with Gasteiger partial charge in [-0.3, -0.25) is 4.79 Å². The summed E-state index contributed by atoms with van der Waals surface area (Å²) in [6.45, 7) is 3.22. The molecule has 1 heterocycles. The zero-order valence-electron chi connectivity index (χ0n) is 12.5. The lowest BCUT2D eigenvalue weighted by atomic mass is 10.2. The number of aryl methyl sites for hydroxylation is 1. The number of hydrogen-bond acceptors (Lipinski definition) is 5. The third-order valence-corrected chi connectivity index (χ3v) is 3.29. The molecule has 0 spiro atoms. The second kappa shape index (κ2) is 7.82. The average molecular weight is 324 g/mol. The Morgan fingerprint density at radius 2 is 2.23 bits per heavy atom. The van der Waals surface area contributed by atoms with Crippen molar-refractivity contribution in [3.63, 3.8) is 0 Å². The first-order valence-electron chi connectivity index (χ1n) is 6.83. The van der Waals surface area contributed by atoms with Gasteiger partial charge in [0.15, 0.2) is 0 Å². The Bertz CT molecular complexity index is 643. The highest BCUT2D eigenvalue weighted by molar-refractivity contribution is 6.33. The van der Waals surface area contributed by atoms with Crippen LogP contribution < -0.4 is 10.6 Å². The minimum absolute atomic E-state index is 0.172. The fourth-order valence-electron chi connectivity index (χ4n) is 1.86. The van der Waals surface area contributed by atoms with Crippen LogP contribution >= 0.6 is 11.6 Å². The molecule has 2 aromatic rings. The van der Waals surface area contributed by atoms with Crippen LogP contribution in [0.1, 0.15) is 21.8 Å². The van der Waals surface area contributed by atoms with E-state index < -0.39 is 0 Å². The van der Waals surface area contributed by atoms with Gasteiger partial charge in [-0.25, -0.2) is 0 Å². The smallest absolute Gasteiger partial charge is 0.251 e. The lowest BCUT2D eigenvalue weighted by Crippen LogP contribution is -2.26. The van der Waals surface area contributed by atoms with Crippen molar-refractivity contribution >= 4 is 23.2 Å². The number of nitrogens with zero attached hydrogens (tertiary/aromatic N) is 1. The molecular formula is C15H18ClN3O3. The summed E-state index contributed by atoms with van der Waals surface area (Å²) in [5.41, 5.74) is 1.96. The number of methoxy groups -OCH3 is 1. The molecule has 0 aliphatic carbocycles. The van der Waals surface area contributed by atoms with Crippen molar-refractivity contribution < 1.29 is 14.1 Å². The third-order valence-electron chi connectivity index (χ3n) is 2.96. The standard InChI is InChI=1S/C15H18ClN3O3/c1-10-7-12(19-22-10)9-18-14-8-11(3-4-13(14)16)15(20)17-5-6-21-2/h3-4,7-8,18H,5-6,9H2,1-2H3,(H,17,20). The van der Waals surface area contributed by atoms with Crippen LogP contribution in [0.2, 0.25) is 5.02 Å². The van der Waals surface area contributed by atoms with Gasteiger partial charge in [-0.15, -0.1) is 0 Å². The number of benzene rings is 1. The predicted octanol–water partition coefficient (Wildman–Crippen LogP) is 2.62. The van der Waals surface area contributed by atoms with Crippen LogP contribution in [0.3, 0.4) is 0 Å². The molecule has 6 nitrogen and oxygen atoms in total. The maximum atomic E-state index is 12.0. The molecule has 2 N–H and O–H groups in total. The molecule has 2 rings (SSSR count). The van der Waals surface area contributed by atoms with Gasteiger partial charge >= 0.3 is 0 Å². The molecule has 1 aromatic carbocycles. The number of carbonyl (C=O) groups excluding carboxylic acids is 1. The van der Waals surface area contributed by atoms with Gasteiger partial charge in [0.25, 0.3) is 5.91 Å². The van der Waals surface area contributed by atoms with Crippen molar-refractivity contribution in [2.45, 2.75) is 13.5 Å². The molecule has 0 unspecified atom stereocenters. The van der Waals surface area contributed by atoms with Crippen LogP contribution in [0.25, 0.3) is 0 Å². The van der Waals surface area contributed by atoms with E-state index in [0.717, 1.165) is 11.5 Å². The molecule has 0 radical (unpaired) electrons. The summed E-state index contributed by atoms with van der Waals surface area (Å²) in [6.07, 6.45) is 0. The van der Waals surface area contributed by atoms with E-state index in [9.17, 15) is 4.79 Å². The Morgan fingerprint density at radius 1 is 1.41 bits per heavy atom. The molecule has 22 heavy (non-hydrogen) atoms. The topological polar surface area (TPSA) is 76.4 Å². The quantitative estimate of drug-likeness (QED) is 0.766. The van der Waals surface area contributed by atoms with Crippen LogP contribution in [0, 0.1) is 6.92 Å². The van der Waals surface area contributed by atoms with Crippen LogP contribution in [0.4, 0.5) is 5.69 Å². The zero-order valence-corrected chi connectivity index (χ0v) is 13.2. The number of nitrogens with one attached hydrogen (secondary N) is 2. The maximum Gasteiger partial charge on any atom is 0.251 e. The molecule has 0 saturated carbocycles.